The molecule has 3 rings (SSSR count). The molecule has 2 aliphatic heterocycles. The van der Waals surface area contributed by atoms with Gasteiger partial charge in [0.05, 0.1) is 5.41 Å². The van der Waals surface area contributed by atoms with Gasteiger partial charge in [-0.15, -0.1) is 0 Å². The van der Waals surface area contributed by atoms with Gasteiger partial charge in [0.15, 0.2) is 0 Å². The summed E-state index contributed by atoms with van der Waals surface area (Å²) in [7, 11) is 0. The minimum absolute atomic E-state index is 0.0199. The molecule has 1 saturated carbocycles. The summed E-state index contributed by atoms with van der Waals surface area (Å²) in [4.78, 5) is 48.6. The topological polar surface area (TPSA) is 104 Å². The van der Waals surface area contributed by atoms with Crippen LogP contribution >= 0.6 is 22.6 Å². The van der Waals surface area contributed by atoms with E-state index in [4.69, 9.17) is 0 Å². The molecule has 2 saturated heterocycles. The molecule has 144 valence electrons. The number of hydrogen-bond donors (Lipinski definition) is 3. The number of carbonyl (C=O) groups excluding carboxylic acids is 4. The molecule has 0 aromatic heterocycles. The average Bonchev–Trinajstić information content (AvgIpc) is 2.56. The van der Waals surface area contributed by atoms with Crippen LogP contribution in [0.4, 0.5) is 0 Å². The normalized spacial score (nSPS) is 32.2. The van der Waals surface area contributed by atoms with Crippen molar-refractivity contribution >= 4 is 46.2 Å². The van der Waals surface area contributed by atoms with E-state index < -0.39 is 18.0 Å². The van der Waals surface area contributed by atoms with Crippen molar-refractivity contribution in [1.82, 2.24) is 16.0 Å². The molecule has 7 nitrogen and oxygen atoms in total. The number of carbonyl (C=O) groups is 4. The smallest absolute Gasteiger partial charge is 0.249 e. The summed E-state index contributed by atoms with van der Waals surface area (Å²) in [6.07, 6.45) is 8.53. The summed E-state index contributed by atoms with van der Waals surface area (Å²) in [5, 5.41) is 7.84. The molecular weight excluding hydrogens is 449 g/mol. The summed E-state index contributed by atoms with van der Waals surface area (Å²) in [6, 6.07) is -1.33. The Morgan fingerprint density at radius 2 is 1.73 bits per heavy atom. The van der Waals surface area contributed by atoms with Crippen LogP contribution in [-0.4, -0.2) is 39.6 Å². The van der Waals surface area contributed by atoms with Gasteiger partial charge >= 0.3 is 0 Å². The lowest BCUT2D eigenvalue weighted by molar-refractivity contribution is -0.141. The third-order valence-corrected chi connectivity index (χ3v) is 7.62. The second-order valence-corrected chi connectivity index (χ2v) is 9.17. The number of amides is 4. The Labute approximate surface area is 166 Å². The van der Waals surface area contributed by atoms with E-state index in [1.165, 1.54) is 6.42 Å². The van der Waals surface area contributed by atoms with E-state index >= 15 is 0 Å². The van der Waals surface area contributed by atoms with Crippen molar-refractivity contribution < 1.29 is 19.2 Å². The summed E-state index contributed by atoms with van der Waals surface area (Å²) in [5.74, 6) is -1.15. The Morgan fingerprint density at radius 1 is 1.08 bits per heavy atom. The van der Waals surface area contributed by atoms with E-state index in [1.807, 2.05) is 0 Å². The first kappa shape index (κ1) is 19.6. The van der Waals surface area contributed by atoms with Crippen LogP contribution in [0.1, 0.15) is 64.2 Å². The minimum Gasteiger partial charge on any atom is -0.344 e. The van der Waals surface area contributed by atoms with E-state index in [0.717, 1.165) is 38.5 Å². The lowest BCUT2D eigenvalue weighted by Crippen LogP contribution is -2.62. The van der Waals surface area contributed by atoms with Gasteiger partial charge in [0.25, 0.3) is 0 Å². The number of imide groups is 1. The predicted octanol–water partition coefficient (Wildman–Crippen LogP) is 1.33. The number of nitrogens with one attached hydrogen (secondary N) is 3. The Hall–Kier alpha value is -1.19. The predicted molar refractivity (Wildman–Crippen MR) is 103 cm³/mol. The van der Waals surface area contributed by atoms with Crippen LogP contribution in [0.2, 0.25) is 0 Å². The summed E-state index contributed by atoms with van der Waals surface area (Å²) in [6.45, 7) is 0. The van der Waals surface area contributed by atoms with Crippen molar-refractivity contribution in [2.75, 3.05) is 0 Å². The largest absolute Gasteiger partial charge is 0.344 e. The van der Waals surface area contributed by atoms with Crippen molar-refractivity contribution in [3.8, 4) is 0 Å². The van der Waals surface area contributed by atoms with Gasteiger partial charge in [0.1, 0.15) is 12.1 Å². The van der Waals surface area contributed by atoms with E-state index in [0.29, 0.717) is 12.8 Å². The van der Waals surface area contributed by atoms with Crippen LogP contribution in [0.15, 0.2) is 0 Å². The van der Waals surface area contributed by atoms with Crippen LogP contribution < -0.4 is 16.0 Å². The van der Waals surface area contributed by atoms with Crippen molar-refractivity contribution in [3.05, 3.63) is 0 Å². The number of hydrogen-bond acceptors (Lipinski definition) is 4. The maximum atomic E-state index is 12.9. The van der Waals surface area contributed by atoms with Crippen molar-refractivity contribution in [3.63, 3.8) is 0 Å². The van der Waals surface area contributed by atoms with Gasteiger partial charge in [-0.2, -0.15) is 0 Å². The maximum absolute atomic E-state index is 12.9. The van der Waals surface area contributed by atoms with Gasteiger partial charge in [-0.05, 0) is 25.7 Å². The fourth-order valence-corrected chi connectivity index (χ4v) is 5.70. The van der Waals surface area contributed by atoms with Crippen LogP contribution in [0.25, 0.3) is 0 Å². The average molecular weight is 475 g/mol. The number of piperidine rings is 2. The van der Waals surface area contributed by atoms with Gasteiger partial charge in [-0.3, -0.25) is 24.5 Å². The summed E-state index contributed by atoms with van der Waals surface area (Å²) in [5.41, 5.74) is -0.369. The molecule has 0 aromatic rings. The van der Waals surface area contributed by atoms with Gasteiger partial charge in [0, 0.05) is 10.3 Å². The van der Waals surface area contributed by atoms with E-state index in [9.17, 15) is 19.2 Å². The zero-order chi connectivity index (χ0) is 18.7. The molecular formula is C18H26IN3O4. The Morgan fingerprint density at radius 3 is 2.35 bits per heavy atom. The lowest BCUT2D eigenvalue weighted by atomic mass is 9.69. The molecule has 1 spiro atoms. The molecule has 0 aromatic carbocycles. The molecule has 3 atom stereocenters. The first-order chi connectivity index (χ1) is 12.4. The molecule has 1 aliphatic carbocycles. The lowest BCUT2D eigenvalue weighted by Gasteiger charge is -2.44. The maximum Gasteiger partial charge on any atom is 0.249 e. The van der Waals surface area contributed by atoms with Crippen LogP contribution in [-0.2, 0) is 19.2 Å². The van der Waals surface area contributed by atoms with Crippen LogP contribution in [0.3, 0.4) is 0 Å². The molecule has 0 bridgehead atoms. The SMILES string of the molecule is O=C1CCC(NC(=O)C2CC(I)C3(CCCCCCC3)C(=O)N2)C(=O)N1. The standard InChI is InChI=1S/C18H26IN3O4/c19-13-10-12(16(25)20-11-6-7-14(23)22-15(11)24)21-17(26)18(13)8-4-2-1-3-5-9-18/h11-13H,1-10H2,(H,20,25)(H,21,26)(H,22,23,24). The molecule has 26 heavy (non-hydrogen) atoms. The van der Waals surface area contributed by atoms with Gasteiger partial charge < -0.3 is 10.6 Å². The fraction of sp³-hybridized carbons (Fsp3) is 0.778. The fourth-order valence-electron chi connectivity index (χ4n) is 4.29. The van der Waals surface area contributed by atoms with Gasteiger partial charge in [-0.1, -0.05) is 54.7 Å². The summed E-state index contributed by atoms with van der Waals surface area (Å²) < 4.78 is 0.101. The zero-order valence-electron chi connectivity index (χ0n) is 14.8. The quantitative estimate of drug-likeness (QED) is 0.319. The third-order valence-electron chi connectivity index (χ3n) is 5.92. The second-order valence-electron chi connectivity index (χ2n) is 7.67. The van der Waals surface area contributed by atoms with Crippen LogP contribution in [0.5, 0.6) is 0 Å². The highest BCUT2D eigenvalue weighted by Crippen LogP contribution is 2.45. The monoisotopic (exact) mass is 475 g/mol. The van der Waals surface area contributed by atoms with Crippen molar-refractivity contribution in [2.45, 2.75) is 80.2 Å². The Kier molecular flexibility index (Phi) is 6.19. The summed E-state index contributed by atoms with van der Waals surface area (Å²) >= 11 is 2.34. The molecule has 4 amide bonds. The van der Waals surface area contributed by atoms with Crippen LogP contribution in [0, 0.1) is 5.41 Å². The highest BCUT2D eigenvalue weighted by atomic mass is 127. The molecule has 3 N–H and O–H groups in total. The van der Waals surface area contributed by atoms with Crippen molar-refractivity contribution in [1.29, 1.82) is 0 Å². The first-order valence-corrected chi connectivity index (χ1v) is 10.8. The molecule has 3 fully saturated rings. The molecule has 3 aliphatic rings. The molecule has 3 unspecified atom stereocenters. The van der Waals surface area contributed by atoms with Gasteiger partial charge in [0.2, 0.25) is 23.6 Å². The van der Waals surface area contributed by atoms with E-state index in [-0.39, 0.29) is 33.5 Å². The Bertz CT molecular complexity index is 601. The van der Waals surface area contributed by atoms with Gasteiger partial charge in [-0.25, -0.2) is 0 Å². The first-order valence-electron chi connectivity index (χ1n) is 9.51. The highest BCUT2D eigenvalue weighted by molar-refractivity contribution is 14.1. The van der Waals surface area contributed by atoms with Crippen molar-refractivity contribution in [2.24, 2.45) is 5.41 Å². The number of alkyl halides is 1. The van der Waals surface area contributed by atoms with E-state index in [1.54, 1.807) is 0 Å². The zero-order valence-corrected chi connectivity index (χ0v) is 17.0. The highest BCUT2D eigenvalue weighted by Gasteiger charge is 2.50. The van der Waals surface area contributed by atoms with E-state index in [2.05, 4.69) is 38.5 Å². The number of rotatable bonds is 2. The minimum atomic E-state index is -0.706. The molecule has 0 radical (unpaired) electrons. The Balaban J connectivity index is 1.63. The molecule has 2 heterocycles. The second kappa shape index (κ2) is 8.22. The third kappa shape index (κ3) is 4.04. The molecule has 8 heteroatoms. The number of halogens is 1.